The van der Waals surface area contributed by atoms with Crippen molar-refractivity contribution >= 4 is 9.84 Å². The van der Waals surface area contributed by atoms with E-state index in [1.54, 1.807) is 0 Å². The molecule has 0 saturated carbocycles. The number of hydrogen-bond donors (Lipinski definition) is 1. The molecule has 1 unspecified atom stereocenters. The first kappa shape index (κ1) is 10.6. The number of methoxy groups -OCH3 is 1. The Kier molecular flexibility index (Phi) is 4.32. The van der Waals surface area contributed by atoms with Crippen LogP contribution in [0.1, 0.15) is 0 Å². The van der Waals surface area contributed by atoms with Gasteiger partial charge < -0.3 is 10.5 Å². The van der Waals surface area contributed by atoms with Crippen LogP contribution in [0.25, 0.3) is 0 Å². The molecule has 66 valence electrons. The van der Waals surface area contributed by atoms with Crippen molar-refractivity contribution in [1.29, 1.82) is 0 Å². The van der Waals surface area contributed by atoms with Crippen LogP contribution in [-0.4, -0.2) is 34.4 Å². The van der Waals surface area contributed by atoms with E-state index >= 15 is 0 Å². The smallest absolute Gasteiger partial charge is 0.168 e. The molecule has 0 aliphatic carbocycles. The Morgan fingerprint density at radius 1 is 1.64 bits per heavy atom. The molecule has 0 spiro atoms. The molecule has 4 nitrogen and oxygen atoms in total. The van der Waals surface area contributed by atoms with E-state index in [9.17, 15) is 8.42 Å². The summed E-state index contributed by atoms with van der Waals surface area (Å²) in [5.41, 5.74) is 5.42. The lowest BCUT2D eigenvalue weighted by molar-refractivity contribution is 0.192. The Bertz CT molecular complexity index is 220. The molecule has 0 fully saturated rings. The summed E-state index contributed by atoms with van der Waals surface area (Å²) in [7, 11) is -1.55. The van der Waals surface area contributed by atoms with Crippen LogP contribution in [0, 0.1) is 0 Å². The summed E-state index contributed by atoms with van der Waals surface area (Å²) in [6.07, 6.45) is 2.52. The average Bonchev–Trinajstić information content (AvgIpc) is 1.83. The van der Waals surface area contributed by atoms with Gasteiger partial charge in [0.05, 0.1) is 6.61 Å². The molecule has 11 heavy (non-hydrogen) atoms. The zero-order valence-electron chi connectivity index (χ0n) is 6.65. The second kappa shape index (κ2) is 4.48. The zero-order chi connectivity index (χ0) is 8.91. The SMILES string of the molecule is COCC(N)C=CS(C)(=O)=O. The summed E-state index contributed by atoms with van der Waals surface area (Å²) in [6, 6.07) is -0.352. The Morgan fingerprint density at radius 2 is 2.18 bits per heavy atom. The highest BCUT2D eigenvalue weighted by Crippen LogP contribution is 1.88. The first-order valence-electron chi connectivity index (χ1n) is 3.08. The third-order valence-electron chi connectivity index (χ3n) is 0.932. The van der Waals surface area contributed by atoms with Gasteiger partial charge in [-0.3, -0.25) is 0 Å². The van der Waals surface area contributed by atoms with Gasteiger partial charge in [-0.2, -0.15) is 0 Å². The predicted octanol–water partition coefficient (Wildman–Crippen LogP) is -0.482. The van der Waals surface area contributed by atoms with Gasteiger partial charge >= 0.3 is 0 Å². The van der Waals surface area contributed by atoms with Gasteiger partial charge in [0, 0.05) is 24.8 Å². The van der Waals surface area contributed by atoms with Gasteiger partial charge in [-0.05, 0) is 0 Å². The van der Waals surface area contributed by atoms with Crippen LogP contribution in [0.5, 0.6) is 0 Å². The first-order valence-corrected chi connectivity index (χ1v) is 5.04. The van der Waals surface area contributed by atoms with Crippen molar-refractivity contribution in [3.63, 3.8) is 0 Å². The second-order valence-corrected chi connectivity index (χ2v) is 4.21. The molecule has 0 aromatic carbocycles. The molecule has 0 bridgehead atoms. The van der Waals surface area contributed by atoms with Crippen molar-refractivity contribution in [3.05, 3.63) is 11.5 Å². The van der Waals surface area contributed by atoms with Gasteiger partial charge in [0.2, 0.25) is 0 Å². The molecule has 2 N–H and O–H groups in total. The number of rotatable bonds is 4. The van der Waals surface area contributed by atoms with E-state index in [-0.39, 0.29) is 6.04 Å². The largest absolute Gasteiger partial charge is 0.383 e. The Labute approximate surface area is 67.0 Å². The number of ether oxygens (including phenoxy) is 1. The minimum absolute atomic E-state index is 0.325. The molecule has 0 aliphatic heterocycles. The lowest BCUT2D eigenvalue weighted by Gasteiger charge is -2.02. The van der Waals surface area contributed by atoms with Crippen molar-refractivity contribution in [3.8, 4) is 0 Å². The highest BCUT2D eigenvalue weighted by molar-refractivity contribution is 7.93. The van der Waals surface area contributed by atoms with E-state index < -0.39 is 9.84 Å². The Balaban J connectivity index is 3.93. The zero-order valence-corrected chi connectivity index (χ0v) is 7.47. The first-order chi connectivity index (χ1) is 4.95. The fourth-order valence-corrected chi connectivity index (χ4v) is 0.979. The van der Waals surface area contributed by atoms with E-state index in [2.05, 4.69) is 0 Å². The second-order valence-electron chi connectivity index (χ2n) is 2.28. The summed E-state index contributed by atoms with van der Waals surface area (Å²) in [6.45, 7) is 0.325. The van der Waals surface area contributed by atoms with E-state index in [1.807, 2.05) is 0 Å². The molecule has 0 aliphatic rings. The Hall–Kier alpha value is -0.390. The monoisotopic (exact) mass is 179 g/mol. The summed E-state index contributed by atoms with van der Waals surface area (Å²) in [4.78, 5) is 0. The average molecular weight is 179 g/mol. The molecule has 1 atom stereocenters. The number of nitrogens with two attached hydrogens (primary N) is 1. The summed E-state index contributed by atoms with van der Waals surface area (Å²) in [5.74, 6) is 0. The molecule has 0 saturated heterocycles. The molecule has 0 aromatic heterocycles. The van der Waals surface area contributed by atoms with Crippen LogP contribution in [0.2, 0.25) is 0 Å². The molecule has 0 heterocycles. The van der Waals surface area contributed by atoms with Crippen molar-refractivity contribution in [1.82, 2.24) is 0 Å². The normalized spacial score (nSPS) is 15.5. The number of sulfone groups is 1. The van der Waals surface area contributed by atoms with E-state index in [0.717, 1.165) is 11.7 Å². The van der Waals surface area contributed by atoms with Crippen LogP contribution in [0.15, 0.2) is 11.5 Å². The highest BCUT2D eigenvalue weighted by Gasteiger charge is 1.97. The van der Waals surface area contributed by atoms with Crippen molar-refractivity contribution in [2.24, 2.45) is 5.73 Å². The number of hydrogen-bond acceptors (Lipinski definition) is 4. The molecule has 0 rings (SSSR count). The van der Waals surface area contributed by atoms with Crippen LogP contribution < -0.4 is 5.73 Å². The maximum absolute atomic E-state index is 10.6. The van der Waals surface area contributed by atoms with Gasteiger partial charge in [0.1, 0.15) is 0 Å². The maximum atomic E-state index is 10.6. The van der Waals surface area contributed by atoms with Crippen LogP contribution >= 0.6 is 0 Å². The third kappa shape index (κ3) is 7.51. The van der Waals surface area contributed by atoms with Crippen LogP contribution in [0.4, 0.5) is 0 Å². The summed E-state index contributed by atoms with van der Waals surface area (Å²) in [5, 5.41) is 1.08. The fourth-order valence-electron chi connectivity index (χ4n) is 0.492. The molecule has 0 amide bonds. The lowest BCUT2D eigenvalue weighted by atomic mass is 10.3. The van der Waals surface area contributed by atoms with Crippen LogP contribution in [-0.2, 0) is 14.6 Å². The highest BCUT2D eigenvalue weighted by atomic mass is 32.2. The van der Waals surface area contributed by atoms with E-state index in [4.69, 9.17) is 10.5 Å². The molecular formula is C6H13NO3S. The Morgan fingerprint density at radius 3 is 2.55 bits per heavy atom. The van der Waals surface area contributed by atoms with Gasteiger partial charge in [-0.25, -0.2) is 8.42 Å². The predicted molar refractivity (Wildman–Crippen MR) is 43.8 cm³/mol. The van der Waals surface area contributed by atoms with Gasteiger partial charge in [-0.15, -0.1) is 0 Å². The summed E-state index contributed by atoms with van der Waals surface area (Å²) >= 11 is 0. The van der Waals surface area contributed by atoms with Crippen LogP contribution in [0.3, 0.4) is 0 Å². The molecule has 0 aromatic rings. The lowest BCUT2D eigenvalue weighted by Crippen LogP contribution is -2.22. The van der Waals surface area contributed by atoms with Crippen molar-refractivity contribution in [2.45, 2.75) is 6.04 Å². The minimum Gasteiger partial charge on any atom is -0.383 e. The topological polar surface area (TPSA) is 69.4 Å². The fraction of sp³-hybridized carbons (Fsp3) is 0.667. The maximum Gasteiger partial charge on any atom is 0.168 e. The molecular weight excluding hydrogens is 166 g/mol. The summed E-state index contributed by atoms with van der Waals surface area (Å²) < 4.78 is 25.8. The van der Waals surface area contributed by atoms with Crippen molar-refractivity contribution < 1.29 is 13.2 Å². The standard InChI is InChI=1S/C6H13NO3S/c1-10-5-6(7)3-4-11(2,8)9/h3-4,6H,5,7H2,1-2H3. The molecule has 0 radical (unpaired) electrons. The van der Waals surface area contributed by atoms with Crippen molar-refractivity contribution in [2.75, 3.05) is 20.0 Å². The quantitative estimate of drug-likeness (QED) is 0.632. The van der Waals surface area contributed by atoms with E-state index in [0.29, 0.717) is 6.61 Å². The molecule has 5 heteroatoms. The van der Waals surface area contributed by atoms with E-state index in [1.165, 1.54) is 13.2 Å². The van der Waals surface area contributed by atoms with Gasteiger partial charge in [-0.1, -0.05) is 6.08 Å². The third-order valence-corrected chi connectivity index (χ3v) is 1.58. The minimum atomic E-state index is -3.05. The van der Waals surface area contributed by atoms with Gasteiger partial charge in [0.15, 0.2) is 9.84 Å². The van der Waals surface area contributed by atoms with Gasteiger partial charge in [0.25, 0.3) is 0 Å².